The highest BCUT2D eigenvalue weighted by atomic mass is 35.5. The summed E-state index contributed by atoms with van der Waals surface area (Å²) < 4.78 is 10.0. The number of carbonyl (C=O) groups is 2. The van der Waals surface area contributed by atoms with E-state index in [1.807, 2.05) is 0 Å². The van der Waals surface area contributed by atoms with Crippen molar-refractivity contribution in [3.63, 3.8) is 0 Å². The standard InChI is InChI=1S/C14H21N3O4.ClH/c1-20-9-8-16-6-7-17-14(19)11-2-4-12(5-3-11)21-10-13(15)18;/h2-5,16H,6-10H2,1H3,(H2,15,18)(H,17,19);1H. The maximum Gasteiger partial charge on any atom is 0.255 e. The van der Waals surface area contributed by atoms with Crippen LogP contribution in [0.25, 0.3) is 0 Å². The molecule has 2 amide bonds. The smallest absolute Gasteiger partial charge is 0.255 e. The number of primary amides is 1. The zero-order valence-corrected chi connectivity index (χ0v) is 13.3. The average Bonchev–Trinajstić information content (AvgIpc) is 2.49. The van der Waals surface area contributed by atoms with Gasteiger partial charge in [0.1, 0.15) is 5.75 Å². The van der Waals surface area contributed by atoms with E-state index in [1.165, 1.54) is 0 Å². The summed E-state index contributed by atoms with van der Waals surface area (Å²) in [7, 11) is 1.64. The molecule has 7 nitrogen and oxygen atoms in total. The van der Waals surface area contributed by atoms with Gasteiger partial charge in [-0.15, -0.1) is 12.4 Å². The number of carbonyl (C=O) groups excluding carboxylic acids is 2. The molecule has 1 aromatic carbocycles. The number of rotatable bonds is 10. The number of ether oxygens (including phenoxy) is 2. The van der Waals surface area contributed by atoms with Gasteiger partial charge in [-0.25, -0.2) is 0 Å². The molecule has 0 saturated heterocycles. The predicted molar refractivity (Wildman–Crippen MR) is 85.5 cm³/mol. The van der Waals surface area contributed by atoms with Crippen molar-refractivity contribution in [2.24, 2.45) is 5.73 Å². The largest absolute Gasteiger partial charge is 0.484 e. The lowest BCUT2D eigenvalue weighted by atomic mass is 10.2. The van der Waals surface area contributed by atoms with Crippen LogP contribution in [0.4, 0.5) is 0 Å². The molecular weight excluding hydrogens is 310 g/mol. The van der Waals surface area contributed by atoms with Crippen LogP contribution in [0.5, 0.6) is 5.75 Å². The number of nitrogens with one attached hydrogen (secondary N) is 2. The minimum atomic E-state index is -0.544. The molecule has 0 unspecified atom stereocenters. The van der Waals surface area contributed by atoms with Gasteiger partial charge in [-0.1, -0.05) is 0 Å². The number of methoxy groups -OCH3 is 1. The van der Waals surface area contributed by atoms with Gasteiger partial charge in [-0.05, 0) is 24.3 Å². The van der Waals surface area contributed by atoms with Crippen molar-refractivity contribution in [1.29, 1.82) is 0 Å². The van der Waals surface area contributed by atoms with E-state index < -0.39 is 5.91 Å². The SMILES string of the molecule is COCCNCCNC(=O)c1ccc(OCC(N)=O)cc1.Cl. The van der Waals surface area contributed by atoms with Crippen LogP contribution in [0.3, 0.4) is 0 Å². The van der Waals surface area contributed by atoms with Crippen LogP contribution in [-0.2, 0) is 9.53 Å². The highest BCUT2D eigenvalue weighted by Gasteiger charge is 2.05. The van der Waals surface area contributed by atoms with E-state index in [1.54, 1.807) is 31.4 Å². The summed E-state index contributed by atoms with van der Waals surface area (Å²) >= 11 is 0. The van der Waals surface area contributed by atoms with Crippen molar-refractivity contribution in [3.05, 3.63) is 29.8 Å². The molecule has 0 radical (unpaired) electrons. The Labute approximate surface area is 135 Å². The van der Waals surface area contributed by atoms with Gasteiger partial charge < -0.3 is 25.8 Å². The van der Waals surface area contributed by atoms with Crippen molar-refractivity contribution >= 4 is 24.2 Å². The lowest BCUT2D eigenvalue weighted by molar-refractivity contribution is -0.119. The lowest BCUT2D eigenvalue weighted by Crippen LogP contribution is -2.33. The van der Waals surface area contributed by atoms with Gasteiger partial charge in [0.25, 0.3) is 11.8 Å². The molecule has 0 aliphatic rings. The summed E-state index contributed by atoms with van der Waals surface area (Å²) in [5.74, 6) is -0.214. The minimum Gasteiger partial charge on any atom is -0.484 e. The molecule has 0 aliphatic heterocycles. The third kappa shape index (κ3) is 8.46. The zero-order valence-electron chi connectivity index (χ0n) is 12.5. The Morgan fingerprint density at radius 1 is 1.14 bits per heavy atom. The molecule has 0 bridgehead atoms. The third-order valence-corrected chi connectivity index (χ3v) is 2.57. The molecule has 0 aromatic heterocycles. The molecular formula is C14H22ClN3O4. The molecule has 4 N–H and O–H groups in total. The van der Waals surface area contributed by atoms with Crippen LogP contribution in [0.15, 0.2) is 24.3 Å². The van der Waals surface area contributed by atoms with E-state index in [0.717, 1.165) is 6.54 Å². The first-order chi connectivity index (χ1) is 10.1. The Morgan fingerprint density at radius 2 is 1.82 bits per heavy atom. The van der Waals surface area contributed by atoms with E-state index in [-0.39, 0.29) is 24.9 Å². The summed E-state index contributed by atoms with van der Waals surface area (Å²) in [5.41, 5.74) is 5.50. The van der Waals surface area contributed by atoms with Crippen LogP contribution in [-0.4, -0.2) is 51.8 Å². The number of benzene rings is 1. The second-order valence-corrected chi connectivity index (χ2v) is 4.28. The second kappa shape index (κ2) is 11.8. The monoisotopic (exact) mass is 331 g/mol. The van der Waals surface area contributed by atoms with Crippen molar-refractivity contribution in [2.45, 2.75) is 0 Å². The Morgan fingerprint density at radius 3 is 2.41 bits per heavy atom. The Balaban J connectivity index is 0.00000441. The molecule has 1 aromatic rings. The fourth-order valence-electron chi connectivity index (χ4n) is 1.52. The molecule has 0 heterocycles. The maximum atomic E-state index is 11.8. The normalized spacial score (nSPS) is 9.68. The predicted octanol–water partition coefficient (Wildman–Crippen LogP) is -0.0617. The third-order valence-electron chi connectivity index (χ3n) is 2.57. The quantitative estimate of drug-likeness (QED) is 0.521. The van der Waals surface area contributed by atoms with Gasteiger partial charge in [-0.2, -0.15) is 0 Å². The molecule has 0 saturated carbocycles. The Kier molecular flexibility index (Phi) is 10.8. The molecule has 0 spiro atoms. The lowest BCUT2D eigenvalue weighted by Gasteiger charge is -2.07. The van der Waals surface area contributed by atoms with Crippen molar-refractivity contribution in [1.82, 2.24) is 10.6 Å². The van der Waals surface area contributed by atoms with E-state index in [0.29, 0.717) is 31.0 Å². The van der Waals surface area contributed by atoms with Crippen LogP contribution in [0.1, 0.15) is 10.4 Å². The second-order valence-electron chi connectivity index (χ2n) is 4.28. The van der Waals surface area contributed by atoms with Crippen molar-refractivity contribution < 1.29 is 19.1 Å². The fourth-order valence-corrected chi connectivity index (χ4v) is 1.52. The molecule has 0 aliphatic carbocycles. The summed E-state index contributed by atoms with van der Waals surface area (Å²) in [6.45, 7) is 2.41. The first-order valence-electron chi connectivity index (χ1n) is 6.62. The fraction of sp³-hybridized carbons (Fsp3) is 0.429. The number of halogens is 1. The average molecular weight is 332 g/mol. The van der Waals surface area contributed by atoms with Crippen LogP contribution < -0.4 is 21.1 Å². The molecule has 1 rings (SSSR count). The van der Waals surface area contributed by atoms with Crippen LogP contribution >= 0.6 is 12.4 Å². The highest BCUT2D eigenvalue weighted by molar-refractivity contribution is 5.94. The van der Waals surface area contributed by atoms with Gasteiger partial charge in [0, 0.05) is 32.3 Å². The molecule has 124 valence electrons. The van der Waals surface area contributed by atoms with Gasteiger partial charge in [0.05, 0.1) is 6.61 Å². The van der Waals surface area contributed by atoms with Gasteiger partial charge in [0.15, 0.2) is 6.61 Å². The van der Waals surface area contributed by atoms with Crippen molar-refractivity contribution in [2.75, 3.05) is 40.0 Å². The van der Waals surface area contributed by atoms with E-state index in [9.17, 15) is 9.59 Å². The highest BCUT2D eigenvalue weighted by Crippen LogP contribution is 2.11. The molecule has 0 atom stereocenters. The van der Waals surface area contributed by atoms with E-state index in [4.69, 9.17) is 15.2 Å². The number of nitrogens with two attached hydrogens (primary N) is 1. The topological polar surface area (TPSA) is 103 Å². The first kappa shape index (κ1) is 20.2. The van der Waals surface area contributed by atoms with Gasteiger partial charge in [0.2, 0.25) is 0 Å². The van der Waals surface area contributed by atoms with Crippen LogP contribution in [0.2, 0.25) is 0 Å². The molecule has 0 fully saturated rings. The summed E-state index contributed by atoms with van der Waals surface area (Å²) in [6.07, 6.45) is 0. The minimum absolute atomic E-state index is 0. The Bertz CT molecular complexity index is 454. The molecule has 8 heteroatoms. The number of hydrogen-bond acceptors (Lipinski definition) is 5. The summed E-state index contributed by atoms with van der Waals surface area (Å²) in [4.78, 5) is 22.4. The van der Waals surface area contributed by atoms with Crippen LogP contribution in [0, 0.1) is 0 Å². The Hall–Kier alpha value is -1.83. The molecule has 22 heavy (non-hydrogen) atoms. The first-order valence-corrected chi connectivity index (χ1v) is 6.62. The number of amides is 2. The summed E-state index contributed by atoms with van der Waals surface area (Å²) in [5, 5.41) is 5.91. The number of hydrogen-bond donors (Lipinski definition) is 3. The van der Waals surface area contributed by atoms with E-state index >= 15 is 0 Å². The van der Waals surface area contributed by atoms with Crippen molar-refractivity contribution in [3.8, 4) is 5.75 Å². The zero-order chi connectivity index (χ0) is 15.5. The van der Waals surface area contributed by atoms with Gasteiger partial charge >= 0.3 is 0 Å². The van der Waals surface area contributed by atoms with E-state index in [2.05, 4.69) is 10.6 Å². The van der Waals surface area contributed by atoms with Gasteiger partial charge in [-0.3, -0.25) is 9.59 Å². The summed E-state index contributed by atoms with van der Waals surface area (Å²) in [6, 6.07) is 6.50. The maximum absolute atomic E-state index is 11.8.